The third-order valence-electron chi connectivity index (χ3n) is 3.12. The van der Waals surface area contributed by atoms with Crippen LogP contribution in [0.4, 0.5) is 0 Å². The summed E-state index contributed by atoms with van der Waals surface area (Å²) in [4.78, 5) is 20.1. The SMILES string of the molecule is O=Cc1cccc(O)c1.O=Cc1cccc(O)c1.[Zr+2].c1cc[cH-]c1.c1cc[cH-]c1. The van der Waals surface area contributed by atoms with E-state index in [0.717, 1.165) is 0 Å². The molecule has 0 saturated carbocycles. The van der Waals surface area contributed by atoms with E-state index >= 15 is 0 Å². The van der Waals surface area contributed by atoms with E-state index in [4.69, 9.17) is 10.2 Å². The monoisotopic (exact) mass is 464 g/mol. The Hall–Kier alpha value is -3.04. The third kappa shape index (κ3) is 13.7. The van der Waals surface area contributed by atoms with Gasteiger partial charge in [-0.1, -0.05) is 24.3 Å². The molecule has 0 aliphatic rings. The molecule has 4 nitrogen and oxygen atoms in total. The van der Waals surface area contributed by atoms with E-state index in [1.54, 1.807) is 24.3 Å². The molecule has 0 bridgehead atoms. The second kappa shape index (κ2) is 17.1. The molecule has 0 fully saturated rings. The van der Waals surface area contributed by atoms with E-state index in [2.05, 4.69) is 0 Å². The van der Waals surface area contributed by atoms with Crippen LogP contribution >= 0.6 is 0 Å². The molecule has 146 valence electrons. The fourth-order valence-corrected chi connectivity index (χ4v) is 1.84. The van der Waals surface area contributed by atoms with Crippen LogP contribution in [0.2, 0.25) is 0 Å². The fraction of sp³-hybridized carbons (Fsp3) is 0. The van der Waals surface area contributed by atoms with Crippen molar-refractivity contribution < 1.29 is 46.0 Å². The summed E-state index contributed by atoms with van der Waals surface area (Å²) >= 11 is 0. The number of carbonyl (C=O) groups excluding carboxylic acids is 2. The Balaban J connectivity index is 0.000000369. The fourth-order valence-electron chi connectivity index (χ4n) is 1.84. The van der Waals surface area contributed by atoms with E-state index in [0.29, 0.717) is 23.7 Å². The molecule has 0 spiro atoms. The van der Waals surface area contributed by atoms with Crippen LogP contribution < -0.4 is 0 Å². The molecule has 0 amide bonds. The molecular formula is C24H22O4Zr. The summed E-state index contributed by atoms with van der Waals surface area (Å²) in [7, 11) is 0. The van der Waals surface area contributed by atoms with Crippen molar-refractivity contribution in [2.24, 2.45) is 0 Å². The molecule has 0 atom stereocenters. The molecule has 0 heterocycles. The minimum Gasteiger partial charge on any atom is -0.508 e. The molecule has 4 rings (SSSR count). The van der Waals surface area contributed by atoms with Crippen LogP contribution in [0.3, 0.4) is 0 Å². The largest absolute Gasteiger partial charge is 2.00 e. The molecule has 0 saturated heterocycles. The van der Waals surface area contributed by atoms with Gasteiger partial charge in [0.1, 0.15) is 24.1 Å². The summed E-state index contributed by atoms with van der Waals surface area (Å²) in [5.74, 6) is 0.249. The molecule has 0 unspecified atom stereocenters. The van der Waals surface area contributed by atoms with E-state index < -0.39 is 0 Å². The average Bonchev–Trinajstić information content (AvgIpc) is 3.47. The molecule has 0 radical (unpaired) electrons. The second-order valence-electron chi connectivity index (χ2n) is 5.35. The topological polar surface area (TPSA) is 74.6 Å². The van der Waals surface area contributed by atoms with Crippen LogP contribution in [0.5, 0.6) is 11.5 Å². The smallest absolute Gasteiger partial charge is 0.508 e. The molecule has 5 heteroatoms. The Kier molecular flexibility index (Phi) is 15.3. The van der Waals surface area contributed by atoms with Crippen molar-refractivity contribution in [1.82, 2.24) is 0 Å². The van der Waals surface area contributed by atoms with E-state index in [-0.39, 0.29) is 37.7 Å². The summed E-state index contributed by atoms with van der Waals surface area (Å²) in [6.07, 6.45) is 1.39. The quantitative estimate of drug-likeness (QED) is 0.314. The van der Waals surface area contributed by atoms with Crippen LogP contribution in [-0.2, 0) is 26.2 Å². The van der Waals surface area contributed by atoms with Crippen molar-refractivity contribution in [2.45, 2.75) is 0 Å². The van der Waals surface area contributed by atoms with Gasteiger partial charge in [0.05, 0.1) is 0 Å². The summed E-state index contributed by atoms with van der Waals surface area (Å²) in [5, 5.41) is 17.6. The van der Waals surface area contributed by atoms with Gasteiger partial charge in [0.25, 0.3) is 0 Å². The molecule has 0 aromatic heterocycles. The van der Waals surface area contributed by atoms with Crippen LogP contribution in [0, 0.1) is 0 Å². The second-order valence-corrected chi connectivity index (χ2v) is 5.35. The minimum absolute atomic E-state index is 0. The van der Waals surface area contributed by atoms with E-state index in [1.165, 1.54) is 24.3 Å². The van der Waals surface area contributed by atoms with Gasteiger partial charge < -0.3 is 10.2 Å². The first-order chi connectivity index (χ1) is 13.7. The number of aromatic hydroxyl groups is 2. The zero-order valence-electron chi connectivity index (χ0n) is 15.8. The Morgan fingerprint density at radius 3 is 1.10 bits per heavy atom. The average molecular weight is 466 g/mol. The van der Waals surface area contributed by atoms with Gasteiger partial charge >= 0.3 is 26.2 Å². The number of carbonyl (C=O) groups is 2. The molecule has 4 aromatic carbocycles. The Bertz CT molecular complexity index is 775. The van der Waals surface area contributed by atoms with Gasteiger partial charge in [-0.3, -0.25) is 9.59 Å². The van der Waals surface area contributed by atoms with Gasteiger partial charge in [0, 0.05) is 11.1 Å². The predicted molar refractivity (Wildman–Crippen MR) is 111 cm³/mol. The Labute approximate surface area is 189 Å². The van der Waals surface area contributed by atoms with Gasteiger partial charge in [-0.05, 0) is 24.3 Å². The van der Waals surface area contributed by atoms with Crippen LogP contribution in [0.25, 0.3) is 0 Å². The summed E-state index contributed by atoms with van der Waals surface area (Å²) in [6.45, 7) is 0. The zero-order valence-corrected chi connectivity index (χ0v) is 18.2. The number of rotatable bonds is 2. The molecule has 2 N–H and O–H groups in total. The predicted octanol–water partition coefficient (Wildman–Crippen LogP) is 5.22. The van der Waals surface area contributed by atoms with Gasteiger partial charge in [-0.25, -0.2) is 24.3 Å². The van der Waals surface area contributed by atoms with E-state index in [9.17, 15) is 9.59 Å². The van der Waals surface area contributed by atoms with Crippen molar-refractivity contribution >= 4 is 12.6 Å². The first-order valence-electron chi connectivity index (χ1n) is 8.47. The summed E-state index contributed by atoms with van der Waals surface area (Å²) < 4.78 is 0. The maximum atomic E-state index is 10.0. The van der Waals surface area contributed by atoms with Crippen LogP contribution in [0.1, 0.15) is 20.7 Å². The number of phenols is 2. The van der Waals surface area contributed by atoms with Crippen molar-refractivity contribution in [3.63, 3.8) is 0 Å². The Morgan fingerprint density at radius 2 is 0.931 bits per heavy atom. The van der Waals surface area contributed by atoms with Crippen molar-refractivity contribution in [1.29, 1.82) is 0 Å². The number of phenolic OH excluding ortho intramolecular Hbond substituents is 2. The van der Waals surface area contributed by atoms with Gasteiger partial charge in [-0.2, -0.15) is 36.4 Å². The van der Waals surface area contributed by atoms with Crippen molar-refractivity contribution in [3.8, 4) is 11.5 Å². The number of hydrogen-bond acceptors (Lipinski definition) is 4. The normalized spacial score (nSPS) is 8.28. The maximum Gasteiger partial charge on any atom is 2.00 e. The first-order valence-corrected chi connectivity index (χ1v) is 8.47. The standard InChI is InChI=1S/2C7H6O2.2C5H5.Zr/c2*8-5-6-2-1-3-7(9)4-6;2*1-2-4-5-3-1;/h2*1-5,9H;2*1-5H;/q;;2*-1;+2. The third-order valence-corrected chi connectivity index (χ3v) is 3.12. The molecule has 0 aliphatic carbocycles. The van der Waals surface area contributed by atoms with Gasteiger partial charge in [0.15, 0.2) is 0 Å². The van der Waals surface area contributed by atoms with Crippen LogP contribution in [-0.4, -0.2) is 22.8 Å². The zero-order chi connectivity index (χ0) is 20.5. The number of aldehydes is 2. The van der Waals surface area contributed by atoms with Gasteiger partial charge in [-0.15, -0.1) is 0 Å². The van der Waals surface area contributed by atoms with E-state index in [1.807, 2.05) is 60.7 Å². The van der Waals surface area contributed by atoms with Crippen molar-refractivity contribution in [2.75, 3.05) is 0 Å². The summed E-state index contributed by atoms with van der Waals surface area (Å²) in [5.41, 5.74) is 0.991. The summed E-state index contributed by atoms with van der Waals surface area (Å²) in [6, 6.07) is 32.4. The molecule has 4 aromatic rings. The number of hydrogen-bond donors (Lipinski definition) is 2. The van der Waals surface area contributed by atoms with Crippen molar-refractivity contribution in [3.05, 3.63) is 120 Å². The molecule has 0 aliphatic heterocycles. The minimum atomic E-state index is 0. The van der Waals surface area contributed by atoms with Gasteiger partial charge in [0.2, 0.25) is 0 Å². The molecular weight excluding hydrogens is 443 g/mol. The maximum absolute atomic E-state index is 10.0. The molecule has 29 heavy (non-hydrogen) atoms. The Morgan fingerprint density at radius 1 is 0.586 bits per heavy atom. The first kappa shape index (κ1) is 26.0. The van der Waals surface area contributed by atoms with Crippen LogP contribution in [0.15, 0.2) is 109 Å². The number of benzene rings is 2.